The number of hydrogen-bond acceptors (Lipinski definition) is 7. The molecule has 4 aromatic rings. The van der Waals surface area contributed by atoms with Crippen LogP contribution in [0.4, 0.5) is 15.9 Å². The Morgan fingerprint density at radius 1 is 1.05 bits per heavy atom. The third kappa shape index (κ3) is 6.38. The van der Waals surface area contributed by atoms with Crippen LogP contribution in [0.3, 0.4) is 0 Å². The lowest BCUT2D eigenvalue weighted by atomic mass is 9.84. The number of nitriles is 1. The monoisotopic (exact) mass is 575 g/mol. The number of pyridine rings is 1. The van der Waals surface area contributed by atoms with Crippen LogP contribution < -0.4 is 16.4 Å². The molecule has 0 bridgehead atoms. The number of anilines is 2. The van der Waals surface area contributed by atoms with Crippen LogP contribution in [0.5, 0.6) is 5.75 Å². The highest BCUT2D eigenvalue weighted by Crippen LogP contribution is 2.37. The largest absolute Gasteiger partial charge is 0.507 e. The molecule has 41 heavy (non-hydrogen) atoms. The molecule has 0 aliphatic heterocycles. The van der Waals surface area contributed by atoms with Gasteiger partial charge in [-0.15, -0.1) is 12.4 Å². The first kappa shape index (κ1) is 29.3. The molecule has 1 fully saturated rings. The molecule has 0 spiro atoms. The molecule has 5 rings (SSSR count). The van der Waals surface area contributed by atoms with Crippen molar-refractivity contribution in [1.82, 2.24) is 4.98 Å². The van der Waals surface area contributed by atoms with Gasteiger partial charge in [-0.05, 0) is 60.9 Å². The summed E-state index contributed by atoms with van der Waals surface area (Å²) < 4.78 is 18.9. The number of carbonyl (C=O) groups is 2. The van der Waals surface area contributed by atoms with Crippen LogP contribution in [-0.2, 0) is 4.79 Å². The summed E-state index contributed by atoms with van der Waals surface area (Å²) in [5.41, 5.74) is 8.03. The normalized spacial score (nSPS) is 16.2. The molecular weight excluding hydrogens is 549 g/mol. The van der Waals surface area contributed by atoms with E-state index >= 15 is 0 Å². The number of benzene rings is 2. The first-order chi connectivity index (χ1) is 19.3. The van der Waals surface area contributed by atoms with Crippen molar-refractivity contribution in [3.63, 3.8) is 0 Å². The number of aromatic nitrogens is 1. The van der Waals surface area contributed by atoms with Gasteiger partial charge in [-0.25, -0.2) is 9.37 Å². The second-order valence-electron chi connectivity index (χ2n) is 9.61. The second kappa shape index (κ2) is 12.6. The van der Waals surface area contributed by atoms with Crippen LogP contribution in [0.25, 0.3) is 22.4 Å². The molecule has 0 radical (unpaired) electrons. The zero-order valence-electron chi connectivity index (χ0n) is 21.8. The topological polar surface area (TPSA) is 154 Å². The van der Waals surface area contributed by atoms with E-state index in [0.717, 1.165) is 31.7 Å². The first-order valence-electron chi connectivity index (χ1n) is 12.8. The van der Waals surface area contributed by atoms with Gasteiger partial charge in [0.1, 0.15) is 23.2 Å². The number of rotatable bonds is 6. The minimum absolute atomic E-state index is 0. The van der Waals surface area contributed by atoms with Crippen LogP contribution in [0.15, 0.2) is 71.3 Å². The van der Waals surface area contributed by atoms with E-state index in [9.17, 15) is 24.3 Å². The van der Waals surface area contributed by atoms with E-state index in [0.29, 0.717) is 16.8 Å². The lowest BCUT2D eigenvalue weighted by Gasteiger charge is -2.27. The average Bonchev–Trinajstić information content (AvgIpc) is 3.48. The number of halogens is 2. The van der Waals surface area contributed by atoms with Crippen molar-refractivity contribution in [3.8, 4) is 34.2 Å². The quantitative estimate of drug-likeness (QED) is 0.224. The number of phenols is 1. The predicted octanol–water partition coefficient (Wildman–Crippen LogP) is 5.86. The van der Waals surface area contributed by atoms with E-state index in [1.807, 2.05) is 0 Å². The Morgan fingerprint density at radius 2 is 1.85 bits per heavy atom. The first-order valence-corrected chi connectivity index (χ1v) is 12.8. The van der Waals surface area contributed by atoms with E-state index in [4.69, 9.17) is 10.2 Å². The van der Waals surface area contributed by atoms with Gasteiger partial charge >= 0.3 is 0 Å². The Labute approximate surface area is 241 Å². The average molecular weight is 576 g/mol. The fourth-order valence-corrected chi connectivity index (χ4v) is 4.90. The van der Waals surface area contributed by atoms with Crippen molar-refractivity contribution in [1.29, 1.82) is 5.26 Å². The van der Waals surface area contributed by atoms with Crippen LogP contribution in [-0.4, -0.2) is 27.9 Å². The Bertz CT molecular complexity index is 1620. The van der Waals surface area contributed by atoms with Crippen molar-refractivity contribution in [2.24, 2.45) is 11.7 Å². The lowest BCUT2D eigenvalue weighted by Crippen LogP contribution is -2.40. The SMILES string of the molecule is Cl.N#Cc1c(-c2cccc(NC(=O)C3CCCC[C@H]3N)c2)cc(-c2ccc(F)cc2O)nc1NC(=O)c1ccco1. The van der Waals surface area contributed by atoms with Crippen LogP contribution in [0.2, 0.25) is 0 Å². The summed E-state index contributed by atoms with van der Waals surface area (Å²) in [5.74, 6) is -2.16. The van der Waals surface area contributed by atoms with Gasteiger partial charge in [0.05, 0.1) is 17.9 Å². The molecule has 1 saturated carbocycles. The fraction of sp³-hybridized carbons (Fsp3) is 0.200. The van der Waals surface area contributed by atoms with Gasteiger partial charge < -0.3 is 25.9 Å². The van der Waals surface area contributed by atoms with Gasteiger partial charge in [0.2, 0.25) is 5.91 Å². The van der Waals surface area contributed by atoms with E-state index in [1.54, 1.807) is 36.4 Å². The third-order valence-electron chi connectivity index (χ3n) is 6.94. The molecule has 11 heteroatoms. The lowest BCUT2D eigenvalue weighted by molar-refractivity contribution is -0.121. The summed E-state index contributed by atoms with van der Waals surface area (Å²) in [6.45, 7) is 0. The molecule has 1 aliphatic carbocycles. The number of amides is 2. The van der Waals surface area contributed by atoms with Crippen molar-refractivity contribution < 1.29 is 23.5 Å². The Kier molecular flexibility index (Phi) is 9.02. The van der Waals surface area contributed by atoms with Gasteiger partial charge in [-0.2, -0.15) is 5.26 Å². The second-order valence-corrected chi connectivity index (χ2v) is 9.61. The zero-order chi connectivity index (χ0) is 28.2. The highest BCUT2D eigenvalue weighted by Gasteiger charge is 2.28. The molecule has 210 valence electrons. The molecule has 2 heterocycles. The fourth-order valence-electron chi connectivity index (χ4n) is 4.90. The van der Waals surface area contributed by atoms with E-state index < -0.39 is 11.7 Å². The summed E-state index contributed by atoms with van der Waals surface area (Å²) in [5, 5.41) is 26.1. The molecule has 2 amide bonds. The maximum atomic E-state index is 13.7. The number of furan rings is 1. The predicted molar refractivity (Wildman–Crippen MR) is 154 cm³/mol. The Morgan fingerprint density at radius 3 is 2.56 bits per heavy atom. The summed E-state index contributed by atoms with van der Waals surface area (Å²) in [4.78, 5) is 30.2. The molecule has 0 saturated heterocycles. The highest BCUT2D eigenvalue weighted by molar-refractivity contribution is 6.03. The number of nitrogens with two attached hydrogens (primary N) is 1. The van der Waals surface area contributed by atoms with Crippen LogP contribution in [0.1, 0.15) is 41.8 Å². The zero-order valence-corrected chi connectivity index (χ0v) is 22.6. The minimum Gasteiger partial charge on any atom is -0.507 e. The molecule has 1 aliphatic rings. The van der Waals surface area contributed by atoms with E-state index in [-0.39, 0.29) is 64.4 Å². The molecule has 2 aromatic carbocycles. The molecule has 9 nitrogen and oxygen atoms in total. The summed E-state index contributed by atoms with van der Waals surface area (Å²) in [6.07, 6.45) is 4.81. The van der Waals surface area contributed by atoms with E-state index in [1.165, 1.54) is 24.5 Å². The molecule has 2 atom stereocenters. The van der Waals surface area contributed by atoms with Crippen LogP contribution in [0, 0.1) is 23.1 Å². The number of nitrogens with one attached hydrogen (secondary N) is 2. The maximum absolute atomic E-state index is 13.7. The maximum Gasteiger partial charge on any atom is 0.292 e. The van der Waals surface area contributed by atoms with Gasteiger partial charge in [0.25, 0.3) is 5.91 Å². The number of aromatic hydroxyl groups is 1. The van der Waals surface area contributed by atoms with E-state index in [2.05, 4.69) is 21.7 Å². The standard InChI is InChI=1S/C30H26FN5O4.ClH/c31-18-10-11-21(26(37)14-18)25-15-22(23(16-32)28(35-25)36-30(39)27-9-4-12-40-27)17-5-3-6-19(13-17)34-29(38)20-7-1-2-8-24(20)33;/h3-6,9-15,20,24,37H,1-2,7-8,33H2,(H,34,38)(H,35,36,39);1H/t20?,24-;/m1./s1. The number of phenolic OH excluding ortho intramolecular Hbond substituents is 1. The summed E-state index contributed by atoms with van der Waals surface area (Å²) >= 11 is 0. The molecular formula is C30H27ClFN5O4. The van der Waals surface area contributed by atoms with Gasteiger partial charge in [-0.1, -0.05) is 25.0 Å². The highest BCUT2D eigenvalue weighted by atomic mass is 35.5. The Hall–Kier alpha value is -4.72. The molecule has 2 aromatic heterocycles. The summed E-state index contributed by atoms with van der Waals surface area (Å²) in [6, 6.07) is 16.8. The molecule has 1 unspecified atom stereocenters. The third-order valence-corrected chi connectivity index (χ3v) is 6.94. The smallest absolute Gasteiger partial charge is 0.292 e. The van der Waals surface area contributed by atoms with Crippen molar-refractivity contribution in [2.75, 3.05) is 10.6 Å². The number of hydrogen-bond donors (Lipinski definition) is 4. The number of carbonyl (C=O) groups excluding carboxylic acids is 2. The summed E-state index contributed by atoms with van der Waals surface area (Å²) in [7, 11) is 0. The minimum atomic E-state index is -0.636. The number of nitrogens with zero attached hydrogens (tertiary/aromatic N) is 2. The Balaban J connectivity index is 0.00000387. The van der Waals surface area contributed by atoms with Crippen molar-refractivity contribution >= 4 is 35.7 Å². The molecule has 5 N–H and O–H groups in total. The van der Waals surface area contributed by atoms with Crippen LogP contribution >= 0.6 is 12.4 Å². The van der Waals surface area contributed by atoms with Crippen molar-refractivity contribution in [2.45, 2.75) is 31.7 Å². The van der Waals surface area contributed by atoms with Gasteiger partial charge in [-0.3, -0.25) is 9.59 Å². The van der Waals surface area contributed by atoms with Gasteiger partial charge in [0, 0.05) is 28.9 Å². The van der Waals surface area contributed by atoms with Crippen molar-refractivity contribution in [3.05, 3.63) is 84.1 Å². The van der Waals surface area contributed by atoms with Gasteiger partial charge in [0.15, 0.2) is 11.6 Å².